The highest BCUT2D eigenvalue weighted by Crippen LogP contribution is 2.26. The molecule has 0 aromatic carbocycles. The molecule has 102 valence electrons. The van der Waals surface area contributed by atoms with Crippen molar-refractivity contribution < 1.29 is 24.2 Å². The van der Waals surface area contributed by atoms with Crippen LogP contribution in [-0.4, -0.2) is 48.7 Å². The molecule has 0 heterocycles. The molecule has 0 aromatic rings. The highest BCUT2D eigenvalue weighted by molar-refractivity contribution is 5.87. The van der Waals surface area contributed by atoms with Crippen molar-refractivity contribution in [2.24, 2.45) is 5.92 Å². The number of nitrogens with one attached hydrogen (secondary N) is 2. The minimum absolute atomic E-state index is 0.176. The first-order valence-corrected chi connectivity index (χ1v) is 5.91. The average molecular weight is 258 g/mol. The molecule has 2 amide bonds. The quantitative estimate of drug-likeness (QED) is 0.506. The Morgan fingerprint density at radius 3 is 2.44 bits per heavy atom. The summed E-state index contributed by atoms with van der Waals surface area (Å²) in [4.78, 5) is 33.6. The van der Waals surface area contributed by atoms with E-state index < -0.39 is 18.0 Å². The van der Waals surface area contributed by atoms with Crippen LogP contribution in [0.1, 0.15) is 19.8 Å². The fraction of sp³-hybridized carbons (Fsp3) is 0.727. The van der Waals surface area contributed by atoms with E-state index >= 15 is 0 Å². The van der Waals surface area contributed by atoms with Crippen LogP contribution in [0.3, 0.4) is 0 Å². The molecule has 0 aliphatic heterocycles. The number of rotatable bonds is 6. The minimum Gasteiger partial charge on any atom is -0.465 e. The second-order valence-corrected chi connectivity index (χ2v) is 4.12. The van der Waals surface area contributed by atoms with Crippen LogP contribution in [-0.2, 0) is 19.1 Å². The number of amides is 2. The molecule has 7 heteroatoms. The first-order chi connectivity index (χ1) is 8.52. The van der Waals surface area contributed by atoms with Gasteiger partial charge in [0.15, 0.2) is 0 Å². The molecule has 1 saturated carbocycles. The number of hydrogen-bond donors (Lipinski definition) is 3. The average Bonchev–Trinajstić information content (AvgIpc) is 2.30. The predicted molar refractivity (Wildman–Crippen MR) is 61.4 cm³/mol. The largest absolute Gasteiger partial charge is 0.465 e. The zero-order valence-electron chi connectivity index (χ0n) is 10.3. The summed E-state index contributed by atoms with van der Waals surface area (Å²) in [7, 11) is 0. The van der Waals surface area contributed by atoms with Crippen molar-refractivity contribution >= 4 is 17.8 Å². The van der Waals surface area contributed by atoms with Crippen molar-refractivity contribution in [2.45, 2.75) is 25.9 Å². The van der Waals surface area contributed by atoms with Crippen molar-refractivity contribution in [2.75, 3.05) is 19.7 Å². The lowest BCUT2D eigenvalue weighted by Crippen LogP contribution is -2.45. The normalized spacial score (nSPS) is 21.7. The van der Waals surface area contributed by atoms with Crippen LogP contribution in [0.25, 0.3) is 0 Å². The van der Waals surface area contributed by atoms with E-state index in [0.717, 1.165) is 0 Å². The molecule has 1 fully saturated rings. The standard InChI is InChI=1S/C11H18N2O5/c1-2-18-10(16)6-12-9(15)5-13-11(17)7-3-8(14)4-7/h7-8,14H,2-6H2,1H3,(H,12,15)(H,13,17). The number of carbonyl (C=O) groups is 3. The number of carbonyl (C=O) groups excluding carboxylic acids is 3. The van der Waals surface area contributed by atoms with E-state index in [1.165, 1.54) is 0 Å². The second-order valence-electron chi connectivity index (χ2n) is 4.12. The van der Waals surface area contributed by atoms with E-state index in [4.69, 9.17) is 5.11 Å². The van der Waals surface area contributed by atoms with Gasteiger partial charge in [-0.1, -0.05) is 0 Å². The summed E-state index contributed by atoms with van der Waals surface area (Å²) in [5.74, 6) is -1.42. The Bertz CT molecular complexity index is 325. The van der Waals surface area contributed by atoms with Crippen LogP contribution in [0.15, 0.2) is 0 Å². The van der Waals surface area contributed by atoms with Gasteiger partial charge < -0.3 is 20.5 Å². The molecule has 18 heavy (non-hydrogen) atoms. The Kier molecular flexibility index (Phi) is 5.57. The Hall–Kier alpha value is -1.63. The molecule has 1 aliphatic rings. The summed E-state index contributed by atoms with van der Waals surface area (Å²) >= 11 is 0. The Balaban J connectivity index is 2.09. The monoisotopic (exact) mass is 258 g/mol. The van der Waals surface area contributed by atoms with Crippen molar-refractivity contribution in [1.29, 1.82) is 0 Å². The summed E-state index contributed by atoms with van der Waals surface area (Å²) in [6.45, 7) is 1.55. The van der Waals surface area contributed by atoms with E-state index in [0.29, 0.717) is 12.8 Å². The van der Waals surface area contributed by atoms with Crippen LogP contribution in [0.2, 0.25) is 0 Å². The highest BCUT2D eigenvalue weighted by atomic mass is 16.5. The molecule has 0 unspecified atom stereocenters. The summed E-state index contributed by atoms with van der Waals surface area (Å²) in [6.07, 6.45) is 0.477. The third-order valence-corrected chi connectivity index (χ3v) is 2.64. The van der Waals surface area contributed by atoms with E-state index in [2.05, 4.69) is 15.4 Å². The predicted octanol–water partition coefficient (Wildman–Crippen LogP) is -1.45. The maximum absolute atomic E-state index is 11.4. The minimum atomic E-state index is -0.515. The lowest BCUT2D eigenvalue weighted by atomic mass is 9.82. The molecule has 7 nitrogen and oxygen atoms in total. The van der Waals surface area contributed by atoms with Gasteiger partial charge in [-0.2, -0.15) is 0 Å². The highest BCUT2D eigenvalue weighted by Gasteiger charge is 2.32. The molecule has 0 spiro atoms. The third kappa shape index (κ3) is 4.70. The summed E-state index contributed by atoms with van der Waals surface area (Å²) in [6, 6.07) is 0. The van der Waals surface area contributed by atoms with Crippen LogP contribution in [0.5, 0.6) is 0 Å². The number of aliphatic hydroxyl groups excluding tert-OH is 1. The van der Waals surface area contributed by atoms with Crippen molar-refractivity contribution in [1.82, 2.24) is 10.6 Å². The zero-order valence-corrected chi connectivity index (χ0v) is 10.3. The van der Waals surface area contributed by atoms with Crippen LogP contribution in [0.4, 0.5) is 0 Å². The van der Waals surface area contributed by atoms with Gasteiger partial charge in [-0.05, 0) is 19.8 Å². The van der Waals surface area contributed by atoms with Gasteiger partial charge in [0.1, 0.15) is 6.54 Å². The smallest absolute Gasteiger partial charge is 0.325 e. The summed E-state index contributed by atoms with van der Waals surface area (Å²) < 4.78 is 4.63. The van der Waals surface area contributed by atoms with E-state index in [1.54, 1.807) is 6.92 Å². The molecule has 0 bridgehead atoms. The topological polar surface area (TPSA) is 105 Å². The zero-order chi connectivity index (χ0) is 13.5. The molecule has 0 aromatic heterocycles. The summed E-state index contributed by atoms with van der Waals surface area (Å²) in [5.41, 5.74) is 0. The van der Waals surface area contributed by atoms with Gasteiger partial charge in [0, 0.05) is 5.92 Å². The Morgan fingerprint density at radius 1 is 1.22 bits per heavy atom. The molecule has 1 rings (SSSR count). The SMILES string of the molecule is CCOC(=O)CNC(=O)CNC(=O)C1CC(O)C1. The molecule has 1 aliphatic carbocycles. The lowest BCUT2D eigenvalue weighted by molar-refractivity contribution is -0.143. The van der Waals surface area contributed by atoms with Gasteiger partial charge in [-0.3, -0.25) is 14.4 Å². The van der Waals surface area contributed by atoms with Crippen molar-refractivity contribution in [3.63, 3.8) is 0 Å². The van der Waals surface area contributed by atoms with E-state index in [1.807, 2.05) is 0 Å². The first kappa shape index (κ1) is 14.4. The molecular weight excluding hydrogens is 240 g/mol. The van der Waals surface area contributed by atoms with Gasteiger partial charge >= 0.3 is 5.97 Å². The second kappa shape index (κ2) is 6.95. The maximum atomic E-state index is 11.4. The van der Waals surface area contributed by atoms with Gasteiger partial charge in [-0.25, -0.2) is 0 Å². The van der Waals surface area contributed by atoms with Gasteiger partial charge in [-0.15, -0.1) is 0 Å². The summed E-state index contributed by atoms with van der Waals surface area (Å²) in [5, 5.41) is 13.8. The molecule has 0 saturated heterocycles. The van der Waals surface area contributed by atoms with Gasteiger partial charge in [0.05, 0.1) is 19.3 Å². The molecule has 0 atom stereocenters. The lowest BCUT2D eigenvalue weighted by Gasteiger charge is -2.29. The molecule has 0 radical (unpaired) electrons. The van der Waals surface area contributed by atoms with E-state index in [-0.39, 0.29) is 31.5 Å². The van der Waals surface area contributed by atoms with Crippen molar-refractivity contribution in [3.8, 4) is 0 Å². The number of ether oxygens (including phenoxy) is 1. The van der Waals surface area contributed by atoms with Crippen molar-refractivity contribution in [3.05, 3.63) is 0 Å². The van der Waals surface area contributed by atoms with Crippen LogP contribution < -0.4 is 10.6 Å². The molecule has 3 N–H and O–H groups in total. The first-order valence-electron chi connectivity index (χ1n) is 5.91. The third-order valence-electron chi connectivity index (χ3n) is 2.64. The van der Waals surface area contributed by atoms with Crippen LogP contribution >= 0.6 is 0 Å². The fourth-order valence-electron chi connectivity index (χ4n) is 1.56. The number of hydrogen-bond acceptors (Lipinski definition) is 5. The maximum Gasteiger partial charge on any atom is 0.325 e. The fourth-order valence-corrected chi connectivity index (χ4v) is 1.56. The Labute approximate surface area is 105 Å². The number of aliphatic hydroxyl groups is 1. The van der Waals surface area contributed by atoms with Gasteiger partial charge in [0.25, 0.3) is 0 Å². The van der Waals surface area contributed by atoms with Gasteiger partial charge in [0.2, 0.25) is 11.8 Å². The Morgan fingerprint density at radius 2 is 1.89 bits per heavy atom. The number of esters is 1. The van der Waals surface area contributed by atoms with Crippen LogP contribution in [0, 0.1) is 5.92 Å². The van der Waals surface area contributed by atoms with E-state index in [9.17, 15) is 14.4 Å². The molecular formula is C11H18N2O5.